The third kappa shape index (κ3) is 7.92. The molecule has 8 nitrogen and oxygen atoms in total. The second-order valence-electron chi connectivity index (χ2n) is 11.1. The maximum Gasteiger partial charge on any atom is 0.249 e. The highest BCUT2D eigenvalue weighted by Crippen LogP contribution is 2.44. The molecule has 3 atom stereocenters. The first-order valence-corrected chi connectivity index (χ1v) is 14.5. The van der Waals surface area contributed by atoms with Gasteiger partial charge < -0.3 is 26.8 Å². The Labute approximate surface area is 247 Å². The third-order valence-electron chi connectivity index (χ3n) is 7.85. The van der Waals surface area contributed by atoms with Crippen LogP contribution in [0.15, 0.2) is 71.8 Å². The van der Waals surface area contributed by atoms with Crippen LogP contribution in [0.3, 0.4) is 0 Å². The van der Waals surface area contributed by atoms with E-state index >= 15 is 0 Å². The Morgan fingerprint density at radius 1 is 1.05 bits per heavy atom. The fraction of sp³-hybridized carbons (Fsp3) is 0.424. The van der Waals surface area contributed by atoms with E-state index in [9.17, 15) is 23.9 Å². The van der Waals surface area contributed by atoms with E-state index in [2.05, 4.69) is 5.32 Å². The number of aliphatic hydroxyl groups excluding tert-OH is 1. The Bertz CT molecular complexity index is 1320. The standard InChI is InChI=1S/C33H43FN4O4/c1-4-13-38(14-5-2)31(41)26-17-25(30(35)40)18-33(19-26,32(36)42)27(16-24-11-12-28(34)22(3)15-24)29(39)21-37-20-23-9-7-6-8-10-23/h6-12,15,17-18,27,29,37,39H,4-5,13-14,16,19-21H2,1-3H3,(H2,35,40)(H2,36,42)/t27-,29+,33?/m1/s1. The van der Waals surface area contributed by atoms with Crippen LogP contribution >= 0.6 is 0 Å². The molecule has 9 heteroatoms. The van der Waals surface area contributed by atoms with Crippen molar-refractivity contribution in [2.75, 3.05) is 19.6 Å². The number of benzene rings is 2. The molecule has 3 amide bonds. The van der Waals surface area contributed by atoms with Gasteiger partial charge in [0, 0.05) is 43.2 Å². The summed E-state index contributed by atoms with van der Waals surface area (Å²) in [5.41, 5.74) is 12.5. The number of carbonyl (C=O) groups excluding carboxylic acids is 3. The number of nitrogens with two attached hydrogens (primary N) is 2. The van der Waals surface area contributed by atoms with Crippen LogP contribution in [0, 0.1) is 24.1 Å². The quantitative estimate of drug-likeness (QED) is 0.257. The van der Waals surface area contributed by atoms with E-state index < -0.39 is 29.3 Å². The summed E-state index contributed by atoms with van der Waals surface area (Å²) in [6.45, 7) is 7.15. The Morgan fingerprint density at radius 2 is 1.71 bits per heavy atom. The number of hydrogen-bond donors (Lipinski definition) is 4. The molecule has 42 heavy (non-hydrogen) atoms. The van der Waals surface area contributed by atoms with Gasteiger partial charge in [-0.3, -0.25) is 14.4 Å². The highest BCUT2D eigenvalue weighted by atomic mass is 19.1. The molecule has 0 heterocycles. The molecule has 0 bridgehead atoms. The first kappa shape index (κ1) is 32.7. The van der Waals surface area contributed by atoms with E-state index in [1.165, 1.54) is 18.2 Å². The Hall–Kier alpha value is -3.82. The van der Waals surface area contributed by atoms with Crippen LogP contribution in [0.1, 0.15) is 49.8 Å². The van der Waals surface area contributed by atoms with Crippen molar-refractivity contribution in [2.45, 2.75) is 59.1 Å². The van der Waals surface area contributed by atoms with Crippen molar-refractivity contribution in [3.05, 3.63) is 94.3 Å². The lowest BCUT2D eigenvalue weighted by Gasteiger charge is -2.42. The minimum atomic E-state index is -1.62. The molecule has 2 aromatic rings. The molecular weight excluding hydrogens is 535 g/mol. The zero-order valence-electron chi connectivity index (χ0n) is 24.7. The van der Waals surface area contributed by atoms with Crippen LogP contribution in [0.25, 0.3) is 0 Å². The molecule has 0 fully saturated rings. The number of carbonyl (C=O) groups is 3. The predicted molar refractivity (Wildman–Crippen MR) is 161 cm³/mol. The van der Waals surface area contributed by atoms with Gasteiger partial charge in [0.1, 0.15) is 5.82 Å². The molecule has 3 rings (SSSR count). The summed E-state index contributed by atoms with van der Waals surface area (Å²) in [7, 11) is 0. The first-order chi connectivity index (χ1) is 20.0. The van der Waals surface area contributed by atoms with E-state index in [1.54, 1.807) is 24.0 Å². The first-order valence-electron chi connectivity index (χ1n) is 14.5. The molecule has 0 saturated heterocycles. The zero-order chi connectivity index (χ0) is 30.9. The molecular formula is C33H43FN4O4. The van der Waals surface area contributed by atoms with Crippen LogP contribution in [-0.2, 0) is 27.3 Å². The number of rotatable bonds is 15. The average Bonchev–Trinajstić information content (AvgIpc) is 2.97. The number of hydrogen-bond acceptors (Lipinski definition) is 5. The normalized spacial score (nSPS) is 18.0. The number of halogens is 1. The van der Waals surface area contributed by atoms with Gasteiger partial charge in [-0.25, -0.2) is 4.39 Å². The summed E-state index contributed by atoms with van der Waals surface area (Å²) in [5, 5.41) is 14.9. The molecule has 0 spiro atoms. The SMILES string of the molecule is CCCN(CCC)C(=O)C1=CC(C(N)=O)=CC(C(N)=O)([C@H](Cc2ccc(F)c(C)c2)[C@@H](O)CNCc2ccccc2)C1. The van der Waals surface area contributed by atoms with E-state index in [0.29, 0.717) is 30.8 Å². The summed E-state index contributed by atoms with van der Waals surface area (Å²) < 4.78 is 14.1. The van der Waals surface area contributed by atoms with E-state index in [0.717, 1.165) is 18.4 Å². The van der Waals surface area contributed by atoms with Crippen molar-refractivity contribution in [1.29, 1.82) is 0 Å². The molecule has 0 radical (unpaired) electrons. The molecule has 226 valence electrons. The van der Waals surface area contributed by atoms with Crippen molar-refractivity contribution in [3.63, 3.8) is 0 Å². The van der Waals surface area contributed by atoms with Gasteiger partial charge >= 0.3 is 0 Å². The zero-order valence-corrected chi connectivity index (χ0v) is 24.7. The van der Waals surface area contributed by atoms with Crippen LogP contribution in [0.4, 0.5) is 4.39 Å². The highest BCUT2D eigenvalue weighted by molar-refractivity contribution is 6.03. The van der Waals surface area contributed by atoms with Crippen LogP contribution in [0.2, 0.25) is 0 Å². The molecule has 2 aromatic carbocycles. The molecule has 1 unspecified atom stereocenters. The maximum absolute atomic E-state index is 14.1. The average molecular weight is 579 g/mol. The van der Waals surface area contributed by atoms with Gasteiger partial charge in [0.15, 0.2) is 0 Å². The van der Waals surface area contributed by atoms with E-state index in [-0.39, 0.29) is 42.3 Å². The van der Waals surface area contributed by atoms with Gasteiger partial charge in [-0.1, -0.05) is 62.4 Å². The summed E-state index contributed by atoms with van der Waals surface area (Å²) in [4.78, 5) is 41.4. The van der Waals surface area contributed by atoms with Gasteiger partial charge in [-0.15, -0.1) is 0 Å². The smallest absolute Gasteiger partial charge is 0.249 e. The van der Waals surface area contributed by atoms with Crippen LogP contribution in [0.5, 0.6) is 0 Å². The number of nitrogens with zero attached hydrogens (tertiary/aromatic N) is 1. The second kappa shape index (κ2) is 14.9. The summed E-state index contributed by atoms with van der Waals surface area (Å²) in [5.74, 6) is -3.15. The molecule has 0 aromatic heterocycles. The molecule has 1 aliphatic rings. The van der Waals surface area contributed by atoms with Crippen molar-refractivity contribution in [3.8, 4) is 0 Å². The van der Waals surface area contributed by atoms with Crippen molar-refractivity contribution in [1.82, 2.24) is 10.2 Å². The summed E-state index contributed by atoms with van der Waals surface area (Å²) >= 11 is 0. The van der Waals surface area contributed by atoms with Gasteiger partial charge in [0.05, 0.1) is 11.5 Å². The minimum absolute atomic E-state index is 0.0129. The second-order valence-corrected chi connectivity index (χ2v) is 11.1. The minimum Gasteiger partial charge on any atom is -0.391 e. The lowest BCUT2D eigenvalue weighted by molar-refractivity contribution is -0.132. The Morgan fingerprint density at radius 3 is 2.29 bits per heavy atom. The van der Waals surface area contributed by atoms with Crippen molar-refractivity contribution in [2.24, 2.45) is 22.8 Å². The number of aliphatic hydroxyl groups is 1. The number of nitrogens with one attached hydrogen (secondary N) is 1. The molecule has 0 saturated carbocycles. The van der Waals surface area contributed by atoms with Crippen molar-refractivity contribution < 1.29 is 23.9 Å². The molecule has 1 aliphatic carbocycles. The van der Waals surface area contributed by atoms with Gasteiger partial charge in [0.25, 0.3) is 0 Å². The molecule has 6 N–H and O–H groups in total. The monoisotopic (exact) mass is 578 g/mol. The van der Waals surface area contributed by atoms with Gasteiger partial charge in [-0.05, 0) is 61.4 Å². The fourth-order valence-electron chi connectivity index (χ4n) is 5.69. The topological polar surface area (TPSA) is 139 Å². The van der Waals surface area contributed by atoms with E-state index in [1.807, 2.05) is 44.2 Å². The number of primary amides is 2. The largest absolute Gasteiger partial charge is 0.391 e. The Kier molecular flexibility index (Phi) is 11.6. The van der Waals surface area contributed by atoms with E-state index in [4.69, 9.17) is 11.5 Å². The highest BCUT2D eigenvalue weighted by Gasteiger charge is 2.49. The molecule has 0 aliphatic heterocycles. The van der Waals surface area contributed by atoms with Gasteiger partial charge in [0.2, 0.25) is 17.7 Å². The maximum atomic E-state index is 14.1. The van der Waals surface area contributed by atoms with Crippen molar-refractivity contribution >= 4 is 17.7 Å². The van der Waals surface area contributed by atoms with Gasteiger partial charge in [-0.2, -0.15) is 0 Å². The predicted octanol–water partition coefficient (Wildman–Crippen LogP) is 3.31. The Balaban J connectivity index is 2.06. The fourth-order valence-corrected chi connectivity index (χ4v) is 5.69. The number of aryl methyl sites for hydroxylation is 1. The summed E-state index contributed by atoms with van der Waals surface area (Å²) in [6, 6.07) is 14.2. The number of amides is 3. The van der Waals surface area contributed by atoms with Crippen LogP contribution in [-0.4, -0.2) is 53.5 Å². The third-order valence-corrected chi connectivity index (χ3v) is 7.85. The van der Waals surface area contributed by atoms with Crippen LogP contribution < -0.4 is 16.8 Å². The summed E-state index contributed by atoms with van der Waals surface area (Å²) in [6.07, 6.45) is 3.21. The lowest BCUT2D eigenvalue weighted by Crippen LogP contribution is -2.52. The lowest BCUT2D eigenvalue weighted by atomic mass is 9.63.